The lowest BCUT2D eigenvalue weighted by atomic mass is 10.0. The molecule has 0 bridgehead atoms. The fourth-order valence-corrected chi connectivity index (χ4v) is 5.46. The van der Waals surface area contributed by atoms with Crippen molar-refractivity contribution in [2.75, 3.05) is 39.8 Å². The van der Waals surface area contributed by atoms with E-state index < -0.39 is 0 Å². The lowest BCUT2D eigenvalue weighted by Crippen LogP contribution is -2.35. The molecule has 1 aromatic heterocycles. The van der Waals surface area contributed by atoms with Gasteiger partial charge >= 0.3 is 0 Å². The highest BCUT2D eigenvalue weighted by molar-refractivity contribution is 5.47. The van der Waals surface area contributed by atoms with Crippen LogP contribution in [0.3, 0.4) is 0 Å². The van der Waals surface area contributed by atoms with Crippen LogP contribution in [0.5, 0.6) is 5.75 Å². The summed E-state index contributed by atoms with van der Waals surface area (Å²) in [5.74, 6) is 1.69. The second kappa shape index (κ2) is 12.8. The largest absolute Gasteiger partial charge is 0.497 e. The van der Waals surface area contributed by atoms with Gasteiger partial charge in [-0.3, -0.25) is 9.80 Å². The summed E-state index contributed by atoms with van der Waals surface area (Å²) in [7, 11) is 1.70. The van der Waals surface area contributed by atoms with Crippen molar-refractivity contribution in [3.05, 3.63) is 113 Å². The molecule has 1 fully saturated rings. The monoisotopic (exact) mass is 522 g/mol. The number of hydrogen-bond donors (Lipinski definition) is 0. The summed E-state index contributed by atoms with van der Waals surface area (Å²) in [6.45, 7) is 9.17. The number of methoxy groups -OCH3 is 1. The minimum absolute atomic E-state index is 0.0708. The smallest absolute Gasteiger partial charge is 0.178 e. The fourth-order valence-electron chi connectivity index (χ4n) is 5.46. The molecule has 0 N–H and O–H groups in total. The van der Waals surface area contributed by atoms with E-state index in [1.807, 2.05) is 16.8 Å². The molecule has 0 spiro atoms. The molecule has 1 saturated heterocycles. The zero-order chi connectivity index (χ0) is 27.0. The van der Waals surface area contributed by atoms with E-state index in [0.29, 0.717) is 0 Å². The van der Waals surface area contributed by atoms with Crippen LogP contribution in [0.2, 0.25) is 0 Å². The number of aromatic nitrogens is 4. The molecule has 0 unspecified atom stereocenters. The van der Waals surface area contributed by atoms with E-state index in [0.717, 1.165) is 79.5 Å². The molecule has 3 aromatic carbocycles. The summed E-state index contributed by atoms with van der Waals surface area (Å²) in [6, 6.07) is 25.2. The number of tetrazole rings is 1. The number of para-hydroxylation sites is 1. The van der Waals surface area contributed by atoms with Gasteiger partial charge in [-0.1, -0.05) is 72.8 Å². The van der Waals surface area contributed by atoms with Crippen LogP contribution in [0, 0.1) is 13.8 Å². The average Bonchev–Trinajstić information content (AvgIpc) is 3.30. The molecule has 1 atom stereocenters. The van der Waals surface area contributed by atoms with Crippen molar-refractivity contribution in [3.8, 4) is 11.4 Å². The Hall–Kier alpha value is -3.81. The summed E-state index contributed by atoms with van der Waals surface area (Å²) >= 11 is 0. The predicted octanol–water partition coefficient (Wildman–Crippen LogP) is 5.18. The van der Waals surface area contributed by atoms with E-state index in [9.17, 15) is 0 Å². The first kappa shape index (κ1) is 26.8. The van der Waals surface area contributed by atoms with E-state index >= 15 is 0 Å². The number of nitrogens with zero attached hydrogens (tertiary/aromatic N) is 6. The number of ether oxygens (including phenoxy) is 1. The van der Waals surface area contributed by atoms with Gasteiger partial charge < -0.3 is 4.74 Å². The first-order chi connectivity index (χ1) is 19.1. The van der Waals surface area contributed by atoms with Crippen LogP contribution >= 0.6 is 0 Å². The molecule has 7 heteroatoms. The predicted molar refractivity (Wildman–Crippen MR) is 155 cm³/mol. The lowest BCUT2D eigenvalue weighted by molar-refractivity contribution is 0.219. The number of allylic oxidation sites excluding steroid dienone is 1. The SMILES string of the molecule is COc1ccc([C@@H](c2nnnn2-c2c(C)cccc2C)N2CCCN(C/C=C/Cc3ccccc3)CC2)cc1. The molecule has 39 heavy (non-hydrogen) atoms. The van der Waals surface area contributed by atoms with E-state index in [2.05, 4.69) is 112 Å². The fraction of sp³-hybridized carbons (Fsp3) is 0.344. The highest BCUT2D eigenvalue weighted by atomic mass is 16.5. The Bertz CT molecular complexity index is 1340. The first-order valence-electron chi connectivity index (χ1n) is 13.8. The Morgan fingerprint density at radius 1 is 0.846 bits per heavy atom. The Morgan fingerprint density at radius 2 is 1.62 bits per heavy atom. The van der Waals surface area contributed by atoms with E-state index in [1.165, 1.54) is 5.56 Å². The van der Waals surface area contributed by atoms with Crippen molar-refractivity contribution in [3.63, 3.8) is 0 Å². The van der Waals surface area contributed by atoms with Crippen molar-refractivity contribution in [2.45, 2.75) is 32.7 Å². The van der Waals surface area contributed by atoms with Crippen LogP contribution in [-0.4, -0.2) is 69.8 Å². The molecule has 1 aliphatic heterocycles. The average molecular weight is 523 g/mol. The van der Waals surface area contributed by atoms with Gasteiger partial charge in [0.25, 0.3) is 0 Å². The van der Waals surface area contributed by atoms with Crippen molar-refractivity contribution in [1.82, 2.24) is 30.0 Å². The van der Waals surface area contributed by atoms with Crippen molar-refractivity contribution < 1.29 is 4.74 Å². The van der Waals surface area contributed by atoms with Crippen LogP contribution in [0.4, 0.5) is 0 Å². The molecule has 0 amide bonds. The zero-order valence-corrected chi connectivity index (χ0v) is 23.2. The van der Waals surface area contributed by atoms with Gasteiger partial charge in [-0.25, -0.2) is 0 Å². The second-order valence-corrected chi connectivity index (χ2v) is 10.2. The van der Waals surface area contributed by atoms with Crippen LogP contribution in [0.15, 0.2) is 84.9 Å². The molecule has 0 aliphatic carbocycles. The molecule has 0 saturated carbocycles. The maximum atomic E-state index is 5.45. The molecule has 2 heterocycles. The maximum Gasteiger partial charge on any atom is 0.178 e. The molecule has 202 valence electrons. The number of hydrogen-bond acceptors (Lipinski definition) is 6. The van der Waals surface area contributed by atoms with Crippen LogP contribution in [0.1, 0.15) is 40.5 Å². The van der Waals surface area contributed by atoms with E-state index in [1.54, 1.807) is 7.11 Å². The Balaban J connectivity index is 1.37. The molecule has 0 radical (unpaired) electrons. The van der Waals surface area contributed by atoms with Gasteiger partial charge in [-0.15, -0.1) is 5.10 Å². The highest BCUT2D eigenvalue weighted by Gasteiger charge is 2.30. The van der Waals surface area contributed by atoms with Gasteiger partial charge in [0.1, 0.15) is 5.75 Å². The van der Waals surface area contributed by atoms with Crippen molar-refractivity contribution in [2.24, 2.45) is 0 Å². The zero-order valence-electron chi connectivity index (χ0n) is 23.2. The third kappa shape index (κ3) is 6.44. The van der Waals surface area contributed by atoms with Crippen LogP contribution in [-0.2, 0) is 6.42 Å². The summed E-state index contributed by atoms with van der Waals surface area (Å²) < 4.78 is 7.39. The minimum atomic E-state index is -0.0708. The summed E-state index contributed by atoms with van der Waals surface area (Å²) in [5, 5.41) is 13.3. The Kier molecular flexibility index (Phi) is 8.81. The lowest BCUT2D eigenvalue weighted by Gasteiger charge is -2.30. The molecule has 1 aliphatic rings. The van der Waals surface area contributed by atoms with Gasteiger partial charge in [0.05, 0.1) is 18.8 Å². The standard InChI is InChI=1S/C32H38N6O/c1-25-11-9-12-26(2)30(25)38-32(33-34-35-38)31(28-16-18-29(39-3)19-17-28)37-22-10-21-36(23-24-37)20-8-7-15-27-13-5-4-6-14-27/h4-9,11-14,16-19,31H,10,15,20-24H2,1-3H3/b8-7+/t31-/m0/s1. The Morgan fingerprint density at radius 3 is 2.36 bits per heavy atom. The van der Waals surface area contributed by atoms with E-state index in [4.69, 9.17) is 4.74 Å². The van der Waals surface area contributed by atoms with Crippen molar-refractivity contribution >= 4 is 0 Å². The third-order valence-electron chi connectivity index (χ3n) is 7.54. The van der Waals surface area contributed by atoms with Crippen LogP contribution < -0.4 is 4.74 Å². The molecule has 7 nitrogen and oxygen atoms in total. The van der Waals surface area contributed by atoms with Crippen LogP contribution in [0.25, 0.3) is 5.69 Å². The van der Waals surface area contributed by atoms with Gasteiger partial charge in [0.15, 0.2) is 5.82 Å². The van der Waals surface area contributed by atoms with Crippen molar-refractivity contribution in [1.29, 1.82) is 0 Å². The summed E-state index contributed by atoms with van der Waals surface area (Å²) in [6.07, 6.45) is 6.66. The normalized spacial score (nSPS) is 15.9. The minimum Gasteiger partial charge on any atom is -0.497 e. The van der Waals surface area contributed by atoms with Gasteiger partial charge in [0.2, 0.25) is 0 Å². The highest BCUT2D eigenvalue weighted by Crippen LogP contribution is 2.31. The number of benzene rings is 3. The van der Waals surface area contributed by atoms with Gasteiger partial charge in [-0.2, -0.15) is 4.68 Å². The number of aryl methyl sites for hydroxylation is 2. The molecule has 4 aromatic rings. The summed E-state index contributed by atoms with van der Waals surface area (Å²) in [4.78, 5) is 5.08. The quantitative estimate of drug-likeness (QED) is 0.282. The summed E-state index contributed by atoms with van der Waals surface area (Å²) in [5.41, 5.74) is 5.87. The van der Waals surface area contributed by atoms with Gasteiger partial charge in [-0.05, 0) is 78.0 Å². The Labute approximate surface area is 231 Å². The number of rotatable bonds is 9. The third-order valence-corrected chi connectivity index (χ3v) is 7.54. The topological polar surface area (TPSA) is 59.3 Å². The first-order valence-corrected chi connectivity index (χ1v) is 13.8. The molecular formula is C32H38N6O. The molecule has 5 rings (SSSR count). The second-order valence-electron chi connectivity index (χ2n) is 10.2. The maximum absolute atomic E-state index is 5.45. The molecular weight excluding hydrogens is 484 g/mol. The van der Waals surface area contributed by atoms with Gasteiger partial charge in [0, 0.05) is 26.2 Å². The van der Waals surface area contributed by atoms with E-state index in [-0.39, 0.29) is 6.04 Å².